The SMILES string of the molecule is O.O.O=C(O)O.[AlH3].[CaH2]. The Morgan fingerprint density at radius 1 is 1.12 bits per heavy atom. The fourth-order valence-electron chi connectivity index (χ4n) is 0. The summed E-state index contributed by atoms with van der Waals surface area (Å²) in [4.78, 5) is 8.56. The van der Waals surface area contributed by atoms with Crippen molar-refractivity contribution in [1.82, 2.24) is 0 Å². The van der Waals surface area contributed by atoms with Gasteiger partial charge in [0, 0.05) is 0 Å². The van der Waals surface area contributed by atoms with Crippen LogP contribution in [0.2, 0.25) is 0 Å². The van der Waals surface area contributed by atoms with Crippen LogP contribution in [0.15, 0.2) is 0 Å². The van der Waals surface area contributed by atoms with Gasteiger partial charge in [-0.15, -0.1) is 0 Å². The zero-order chi connectivity index (χ0) is 3.58. The van der Waals surface area contributed by atoms with E-state index in [-0.39, 0.29) is 66.1 Å². The Kier molecular flexibility index (Phi) is 111. The van der Waals surface area contributed by atoms with Gasteiger partial charge in [0.15, 0.2) is 17.4 Å². The average molecular weight is 170 g/mol. The Bertz CT molecular complexity index is 35.4. The Labute approximate surface area is 86.4 Å². The summed E-state index contributed by atoms with van der Waals surface area (Å²) in [7, 11) is 0. The van der Waals surface area contributed by atoms with Gasteiger partial charge in [0.2, 0.25) is 0 Å². The maximum absolute atomic E-state index is 8.56. The van der Waals surface area contributed by atoms with E-state index < -0.39 is 6.16 Å². The van der Waals surface area contributed by atoms with Crippen LogP contribution in [-0.4, -0.2) is 82.4 Å². The first-order valence-electron chi connectivity index (χ1n) is 0.651. The van der Waals surface area contributed by atoms with Gasteiger partial charge in [-0.05, 0) is 0 Å². The third-order valence-corrected chi connectivity index (χ3v) is 0. The summed E-state index contributed by atoms with van der Waals surface area (Å²) in [5.74, 6) is 0. The molecule has 0 aromatic heterocycles. The molecule has 0 saturated heterocycles. The molecule has 0 saturated carbocycles. The van der Waals surface area contributed by atoms with E-state index >= 15 is 0 Å². The monoisotopic (exact) mass is 170 g/mol. The van der Waals surface area contributed by atoms with E-state index in [0.717, 1.165) is 0 Å². The normalized spacial score (nSPS) is 3.00. The van der Waals surface area contributed by atoms with Gasteiger partial charge in [-0.3, -0.25) is 0 Å². The predicted octanol–water partition coefficient (Wildman–Crippen LogP) is -3.53. The van der Waals surface area contributed by atoms with Crippen molar-refractivity contribution in [2.75, 3.05) is 0 Å². The van der Waals surface area contributed by atoms with E-state index in [1.165, 1.54) is 0 Å². The molecule has 0 rings (SSSR count). The molecule has 0 amide bonds. The molecule has 0 unspecified atom stereocenters. The molecule has 0 aromatic rings. The van der Waals surface area contributed by atoms with Gasteiger partial charge in [-0.25, -0.2) is 4.79 Å². The fourth-order valence-corrected chi connectivity index (χ4v) is 0. The zero-order valence-electron chi connectivity index (χ0n) is 2.80. The van der Waals surface area contributed by atoms with Gasteiger partial charge in [-0.1, -0.05) is 0 Å². The molecule has 0 atom stereocenters. The average Bonchev–Trinajstić information content (AvgIpc) is 0.811. The van der Waals surface area contributed by atoms with Crippen molar-refractivity contribution in [2.45, 2.75) is 0 Å². The number of carboxylic acid groups (broad SMARTS) is 2. The Balaban J connectivity index is -0.00000000750. The van der Waals surface area contributed by atoms with Crippen molar-refractivity contribution >= 4 is 61.3 Å². The first-order valence-corrected chi connectivity index (χ1v) is 0.651. The summed E-state index contributed by atoms with van der Waals surface area (Å²) in [6.07, 6.45) is -1.83. The van der Waals surface area contributed by atoms with Crippen LogP contribution in [0.1, 0.15) is 0 Å². The molecule has 0 fully saturated rings. The van der Waals surface area contributed by atoms with Gasteiger partial charge in [-0.2, -0.15) is 0 Å². The molecule has 0 aromatic carbocycles. The van der Waals surface area contributed by atoms with Crippen LogP contribution in [0.3, 0.4) is 0 Å². The first kappa shape index (κ1) is 36.1. The van der Waals surface area contributed by atoms with Gasteiger partial charge < -0.3 is 21.2 Å². The molecular formula is CH11AlCaO5. The van der Waals surface area contributed by atoms with Crippen LogP contribution < -0.4 is 0 Å². The Hall–Kier alpha value is 0.982. The van der Waals surface area contributed by atoms with E-state index in [2.05, 4.69) is 0 Å². The van der Waals surface area contributed by atoms with Crippen LogP contribution >= 0.6 is 0 Å². The fraction of sp³-hybridized carbons (Fsp3) is 0. The van der Waals surface area contributed by atoms with E-state index in [0.29, 0.717) is 0 Å². The first-order chi connectivity index (χ1) is 1.73. The van der Waals surface area contributed by atoms with Crippen LogP contribution in [0, 0.1) is 0 Å². The molecular weight excluding hydrogens is 159 g/mol. The summed E-state index contributed by atoms with van der Waals surface area (Å²) in [5, 5.41) is 13.9. The molecule has 0 spiro atoms. The van der Waals surface area contributed by atoms with Crippen LogP contribution in [-0.2, 0) is 0 Å². The molecule has 5 nitrogen and oxygen atoms in total. The summed E-state index contributed by atoms with van der Waals surface area (Å²) in [6.45, 7) is 0. The quantitative estimate of drug-likeness (QED) is 0.366. The van der Waals surface area contributed by atoms with Gasteiger partial charge in [0.25, 0.3) is 0 Å². The van der Waals surface area contributed by atoms with Gasteiger partial charge in [0.05, 0.1) is 0 Å². The topological polar surface area (TPSA) is 121 Å². The molecule has 50 valence electrons. The molecule has 8 heavy (non-hydrogen) atoms. The van der Waals surface area contributed by atoms with Crippen molar-refractivity contribution in [2.24, 2.45) is 0 Å². The van der Waals surface area contributed by atoms with Crippen molar-refractivity contribution in [3.05, 3.63) is 0 Å². The summed E-state index contributed by atoms with van der Waals surface area (Å²) >= 11 is 0. The molecule has 0 aliphatic rings. The second kappa shape index (κ2) is 24.5. The predicted molar refractivity (Wildman–Crippen MR) is 36.4 cm³/mol. The second-order valence-electron chi connectivity index (χ2n) is 0.283. The summed E-state index contributed by atoms with van der Waals surface area (Å²) < 4.78 is 0. The third-order valence-electron chi connectivity index (χ3n) is 0. The van der Waals surface area contributed by atoms with E-state index in [1.54, 1.807) is 0 Å². The van der Waals surface area contributed by atoms with Crippen molar-refractivity contribution < 1.29 is 26.0 Å². The van der Waals surface area contributed by atoms with Crippen molar-refractivity contribution in [3.8, 4) is 0 Å². The van der Waals surface area contributed by atoms with E-state index in [1.807, 2.05) is 0 Å². The molecule has 0 radical (unpaired) electrons. The number of carbonyl (C=O) groups is 1. The minimum atomic E-state index is -1.83. The molecule has 0 heterocycles. The standard InChI is InChI=1S/CH2O3.Al.Ca.2H2O.5H/c2-1(3)4;;;;;;;;;/h(H2,2,3,4);;;2*1H2;;;;;. The molecule has 0 aliphatic carbocycles. The molecule has 0 aliphatic heterocycles. The Morgan fingerprint density at radius 3 is 1.12 bits per heavy atom. The number of hydrogen-bond acceptors (Lipinski definition) is 1. The zero-order valence-corrected chi connectivity index (χ0v) is 2.80. The van der Waals surface area contributed by atoms with Gasteiger partial charge in [0.1, 0.15) is 0 Å². The maximum atomic E-state index is 8.56. The van der Waals surface area contributed by atoms with E-state index in [4.69, 9.17) is 15.0 Å². The Morgan fingerprint density at radius 2 is 1.12 bits per heavy atom. The molecule has 7 heteroatoms. The van der Waals surface area contributed by atoms with Gasteiger partial charge >= 0.3 is 43.9 Å². The number of hydrogen-bond donors (Lipinski definition) is 2. The van der Waals surface area contributed by atoms with E-state index in [9.17, 15) is 0 Å². The van der Waals surface area contributed by atoms with Crippen LogP contribution in [0.5, 0.6) is 0 Å². The van der Waals surface area contributed by atoms with Crippen LogP contribution in [0.4, 0.5) is 4.79 Å². The summed E-state index contributed by atoms with van der Waals surface area (Å²) in [6, 6.07) is 0. The summed E-state index contributed by atoms with van der Waals surface area (Å²) in [5.41, 5.74) is 0. The number of rotatable bonds is 0. The molecule has 6 N–H and O–H groups in total. The van der Waals surface area contributed by atoms with Crippen LogP contribution in [0.25, 0.3) is 0 Å². The molecule has 0 bridgehead atoms. The second-order valence-corrected chi connectivity index (χ2v) is 0.283. The van der Waals surface area contributed by atoms with Crippen molar-refractivity contribution in [1.29, 1.82) is 0 Å². The third kappa shape index (κ3) is 259. The minimum absolute atomic E-state index is 0. The van der Waals surface area contributed by atoms with Crippen molar-refractivity contribution in [3.63, 3.8) is 0 Å².